The number of aromatic nitrogens is 3. The van der Waals surface area contributed by atoms with Crippen LogP contribution in [0.1, 0.15) is 30.5 Å². The number of ether oxygens (including phenoxy) is 1. The molecular weight excluding hydrogens is 473 g/mol. The third-order valence-electron chi connectivity index (χ3n) is 6.56. The Bertz CT molecular complexity index is 1450. The molecule has 0 atom stereocenters. The number of alkyl halides is 3. The van der Waals surface area contributed by atoms with Crippen molar-refractivity contribution in [1.82, 2.24) is 14.1 Å². The number of hydrogen-bond acceptors (Lipinski definition) is 5. The lowest BCUT2D eigenvalue weighted by atomic mass is 10.1. The van der Waals surface area contributed by atoms with Gasteiger partial charge in [-0.1, -0.05) is 0 Å². The van der Waals surface area contributed by atoms with Gasteiger partial charge in [0.2, 0.25) is 5.88 Å². The Morgan fingerprint density at radius 2 is 1.69 bits per heavy atom. The Kier molecular flexibility index (Phi) is 6.11. The molecule has 0 bridgehead atoms. The van der Waals surface area contributed by atoms with Gasteiger partial charge < -0.3 is 14.7 Å². The normalized spacial score (nSPS) is 14.4. The third-order valence-corrected chi connectivity index (χ3v) is 6.56. The lowest BCUT2D eigenvalue weighted by Gasteiger charge is -2.29. The molecule has 5 rings (SSSR count). The van der Waals surface area contributed by atoms with Crippen LogP contribution in [0.15, 0.2) is 59.5 Å². The second-order valence-electron chi connectivity index (χ2n) is 8.87. The number of rotatable bonds is 5. The van der Waals surface area contributed by atoms with E-state index < -0.39 is 17.8 Å². The molecule has 1 fully saturated rings. The first-order chi connectivity index (χ1) is 17.2. The van der Waals surface area contributed by atoms with Gasteiger partial charge >= 0.3 is 12.1 Å². The summed E-state index contributed by atoms with van der Waals surface area (Å²) in [6.07, 6.45) is 0.416. The molecule has 2 aromatic carbocycles. The van der Waals surface area contributed by atoms with Crippen molar-refractivity contribution >= 4 is 16.6 Å². The summed E-state index contributed by atoms with van der Waals surface area (Å²) in [4.78, 5) is 20.1. The quantitative estimate of drug-likeness (QED) is 0.413. The van der Waals surface area contributed by atoms with Crippen LogP contribution >= 0.6 is 0 Å². The molecular formula is C26H25F3N4O3. The molecule has 188 valence electrons. The molecule has 0 saturated carbocycles. The zero-order valence-corrected chi connectivity index (χ0v) is 19.6. The minimum Gasteiger partial charge on any atom is -0.493 e. The zero-order valence-electron chi connectivity index (χ0n) is 19.6. The second-order valence-corrected chi connectivity index (χ2v) is 8.87. The molecule has 3 heterocycles. The van der Waals surface area contributed by atoms with Crippen LogP contribution in [0, 0.1) is 6.92 Å². The molecule has 1 N–H and O–H groups in total. The number of aromatic hydroxyl groups is 1. The van der Waals surface area contributed by atoms with Crippen molar-refractivity contribution in [2.75, 3.05) is 18.0 Å². The summed E-state index contributed by atoms with van der Waals surface area (Å²) in [7, 11) is 0. The maximum absolute atomic E-state index is 13.3. The zero-order chi connectivity index (χ0) is 25.4. The average molecular weight is 499 g/mol. The minimum absolute atomic E-state index is 0.197. The van der Waals surface area contributed by atoms with Crippen molar-refractivity contribution in [3.05, 3.63) is 76.5 Å². The van der Waals surface area contributed by atoms with Gasteiger partial charge in [0.05, 0.1) is 23.4 Å². The lowest BCUT2D eigenvalue weighted by Crippen LogP contribution is -2.29. The number of piperidine rings is 1. The molecule has 4 aromatic rings. The largest absolute Gasteiger partial charge is 0.573 e. The maximum atomic E-state index is 13.3. The second kappa shape index (κ2) is 9.25. The summed E-state index contributed by atoms with van der Waals surface area (Å²) >= 11 is 0. The van der Waals surface area contributed by atoms with Crippen molar-refractivity contribution in [2.45, 2.75) is 39.1 Å². The molecule has 1 aliphatic rings. The first-order valence-electron chi connectivity index (χ1n) is 11.7. The molecule has 0 radical (unpaired) electrons. The molecule has 0 amide bonds. The molecule has 0 aliphatic carbocycles. The van der Waals surface area contributed by atoms with Gasteiger partial charge in [-0.05, 0) is 80.3 Å². The summed E-state index contributed by atoms with van der Waals surface area (Å²) in [6.45, 7) is 3.83. The van der Waals surface area contributed by atoms with Crippen molar-refractivity contribution in [2.24, 2.45) is 0 Å². The molecule has 0 unspecified atom stereocenters. The van der Waals surface area contributed by atoms with Crippen LogP contribution in [0.3, 0.4) is 0 Å². The number of fused-ring (bicyclic) bond motifs is 1. The predicted molar refractivity (Wildman–Crippen MR) is 130 cm³/mol. The van der Waals surface area contributed by atoms with E-state index in [9.17, 15) is 23.1 Å². The number of anilines is 1. The van der Waals surface area contributed by atoms with Crippen LogP contribution in [0.4, 0.5) is 18.9 Å². The Labute approximate surface area is 205 Å². The van der Waals surface area contributed by atoms with E-state index in [2.05, 4.69) is 26.8 Å². The van der Waals surface area contributed by atoms with Crippen LogP contribution in [0.25, 0.3) is 16.6 Å². The summed E-state index contributed by atoms with van der Waals surface area (Å²) in [5.41, 5.74) is 2.85. The number of imidazole rings is 1. The SMILES string of the molecule is Cc1c(O)n(-c2ccc(OC(F)(F)F)cc2)c(=O)n1Cc1ccnc2ccc(N3CCCCC3)cc12. The lowest BCUT2D eigenvalue weighted by molar-refractivity contribution is -0.274. The number of pyridine rings is 1. The van der Waals surface area contributed by atoms with E-state index in [1.807, 2.05) is 12.1 Å². The molecule has 36 heavy (non-hydrogen) atoms. The predicted octanol–water partition coefficient (Wildman–Crippen LogP) is 5.14. The Morgan fingerprint density at radius 3 is 2.39 bits per heavy atom. The van der Waals surface area contributed by atoms with Gasteiger partial charge in [-0.3, -0.25) is 9.55 Å². The smallest absolute Gasteiger partial charge is 0.493 e. The highest BCUT2D eigenvalue weighted by atomic mass is 19.4. The minimum atomic E-state index is -4.82. The van der Waals surface area contributed by atoms with E-state index in [0.29, 0.717) is 5.69 Å². The fraction of sp³-hybridized carbons (Fsp3) is 0.308. The van der Waals surface area contributed by atoms with E-state index in [1.54, 1.807) is 13.1 Å². The standard InChI is InChI=1S/C26H25F3N4O3/c1-17-24(34)33(19-5-8-21(9-6-19)36-26(27,28)29)25(35)32(17)16-18-11-12-30-23-10-7-20(15-22(18)23)31-13-3-2-4-14-31/h5-12,15,34H,2-4,13-14,16H2,1H3. The topological polar surface area (TPSA) is 72.5 Å². The van der Waals surface area contributed by atoms with Gasteiger partial charge in [0.1, 0.15) is 5.75 Å². The number of nitrogens with zero attached hydrogens (tertiary/aromatic N) is 4. The third kappa shape index (κ3) is 4.62. The van der Waals surface area contributed by atoms with E-state index in [-0.39, 0.29) is 18.1 Å². The van der Waals surface area contributed by atoms with Gasteiger partial charge in [0.15, 0.2) is 0 Å². The van der Waals surface area contributed by atoms with E-state index in [0.717, 1.165) is 64.8 Å². The van der Waals surface area contributed by atoms with Crippen LogP contribution in [0.2, 0.25) is 0 Å². The molecule has 1 saturated heterocycles. The average Bonchev–Trinajstić information content (AvgIpc) is 3.07. The number of benzene rings is 2. The van der Waals surface area contributed by atoms with Gasteiger partial charge in [-0.25, -0.2) is 9.36 Å². The van der Waals surface area contributed by atoms with Gasteiger partial charge in [0, 0.05) is 30.4 Å². The van der Waals surface area contributed by atoms with Gasteiger partial charge in [0.25, 0.3) is 0 Å². The Morgan fingerprint density at radius 1 is 1.00 bits per heavy atom. The van der Waals surface area contributed by atoms with Crippen LogP contribution < -0.4 is 15.3 Å². The Balaban J connectivity index is 1.50. The molecule has 1 aliphatic heterocycles. The monoisotopic (exact) mass is 498 g/mol. The summed E-state index contributed by atoms with van der Waals surface area (Å²) in [5.74, 6) is -0.695. The maximum Gasteiger partial charge on any atom is 0.573 e. The number of hydrogen-bond donors (Lipinski definition) is 1. The van der Waals surface area contributed by atoms with Crippen molar-refractivity contribution in [3.8, 4) is 17.3 Å². The first kappa shape index (κ1) is 23.8. The van der Waals surface area contributed by atoms with E-state index >= 15 is 0 Å². The highest BCUT2D eigenvalue weighted by Crippen LogP contribution is 2.29. The number of halogens is 3. The fourth-order valence-electron chi connectivity index (χ4n) is 4.70. The Hall–Kier alpha value is -3.95. The molecule has 2 aromatic heterocycles. The van der Waals surface area contributed by atoms with Crippen molar-refractivity contribution in [3.63, 3.8) is 0 Å². The van der Waals surface area contributed by atoms with Gasteiger partial charge in [-0.15, -0.1) is 13.2 Å². The summed E-state index contributed by atoms with van der Waals surface area (Å²) < 4.78 is 43.8. The summed E-state index contributed by atoms with van der Waals surface area (Å²) in [6, 6.07) is 12.8. The van der Waals surface area contributed by atoms with Gasteiger partial charge in [-0.2, -0.15) is 0 Å². The highest BCUT2D eigenvalue weighted by molar-refractivity contribution is 5.85. The van der Waals surface area contributed by atoms with E-state index in [1.165, 1.54) is 23.1 Å². The van der Waals surface area contributed by atoms with Crippen LogP contribution in [-0.4, -0.2) is 38.7 Å². The van der Waals surface area contributed by atoms with Crippen LogP contribution in [-0.2, 0) is 6.54 Å². The molecule has 7 nitrogen and oxygen atoms in total. The first-order valence-corrected chi connectivity index (χ1v) is 11.7. The van der Waals surface area contributed by atoms with Crippen molar-refractivity contribution < 1.29 is 23.0 Å². The van der Waals surface area contributed by atoms with Crippen molar-refractivity contribution in [1.29, 1.82) is 0 Å². The van der Waals surface area contributed by atoms with Crippen LogP contribution in [0.5, 0.6) is 11.6 Å². The van der Waals surface area contributed by atoms with E-state index in [4.69, 9.17) is 0 Å². The summed E-state index contributed by atoms with van der Waals surface area (Å²) in [5, 5.41) is 11.6. The fourth-order valence-corrected chi connectivity index (χ4v) is 4.70. The molecule has 10 heteroatoms. The highest BCUT2D eigenvalue weighted by Gasteiger charge is 2.31. The molecule has 0 spiro atoms.